The van der Waals surface area contributed by atoms with E-state index in [9.17, 15) is 14.4 Å². The molecule has 0 aromatic heterocycles. The monoisotopic (exact) mass is 1080 g/mol. The largest absolute Gasteiger partial charge is 0.462 e. The van der Waals surface area contributed by atoms with Gasteiger partial charge in [0.1, 0.15) is 13.2 Å². The minimum absolute atomic E-state index is 0.0692. The number of carbonyl (C=O) groups is 3. The molecule has 448 valence electrons. The summed E-state index contributed by atoms with van der Waals surface area (Å²) in [6, 6.07) is 0. The first-order chi connectivity index (χ1) is 38.0. The zero-order valence-corrected chi connectivity index (χ0v) is 51.5. The Balaban J connectivity index is 4.21. The van der Waals surface area contributed by atoms with Gasteiger partial charge in [-0.3, -0.25) is 14.4 Å². The molecule has 0 N–H and O–H groups in total. The van der Waals surface area contributed by atoms with Gasteiger partial charge in [0.15, 0.2) is 6.10 Å². The van der Waals surface area contributed by atoms with Crippen molar-refractivity contribution in [2.75, 3.05) is 13.2 Å². The minimum Gasteiger partial charge on any atom is -0.462 e. The van der Waals surface area contributed by atoms with E-state index in [0.717, 1.165) is 89.9 Å². The summed E-state index contributed by atoms with van der Waals surface area (Å²) in [5, 5.41) is 0. The van der Waals surface area contributed by atoms with E-state index in [2.05, 4.69) is 81.5 Å². The normalized spacial score (nSPS) is 12.4. The van der Waals surface area contributed by atoms with Crippen LogP contribution in [0.25, 0.3) is 0 Å². The molecule has 0 aliphatic rings. The van der Waals surface area contributed by atoms with Crippen LogP contribution in [0.1, 0.15) is 355 Å². The van der Waals surface area contributed by atoms with Crippen molar-refractivity contribution >= 4 is 17.9 Å². The van der Waals surface area contributed by atoms with Crippen molar-refractivity contribution in [1.82, 2.24) is 0 Å². The molecule has 0 aliphatic carbocycles. The lowest BCUT2D eigenvalue weighted by Gasteiger charge is -2.18. The van der Waals surface area contributed by atoms with Gasteiger partial charge >= 0.3 is 17.9 Å². The van der Waals surface area contributed by atoms with Crippen LogP contribution in [0.2, 0.25) is 0 Å². The van der Waals surface area contributed by atoms with E-state index >= 15 is 0 Å². The fraction of sp³-hybridized carbons (Fsp3) is 0.817. The highest BCUT2D eigenvalue weighted by molar-refractivity contribution is 5.71. The summed E-state index contributed by atoms with van der Waals surface area (Å²) < 4.78 is 17.0. The molecule has 0 aromatic carbocycles. The van der Waals surface area contributed by atoms with Gasteiger partial charge in [-0.1, -0.05) is 332 Å². The Kier molecular flexibility index (Phi) is 63.2. The molecule has 1 atom stereocenters. The molecule has 0 amide bonds. The molecule has 0 aliphatic heterocycles. The Bertz CT molecular complexity index is 1380. The van der Waals surface area contributed by atoms with Crippen molar-refractivity contribution in [1.29, 1.82) is 0 Å². The molecule has 0 saturated carbocycles. The van der Waals surface area contributed by atoms with E-state index in [0.29, 0.717) is 19.3 Å². The van der Waals surface area contributed by atoms with Crippen LogP contribution in [0.3, 0.4) is 0 Å². The topological polar surface area (TPSA) is 78.9 Å². The van der Waals surface area contributed by atoms with Gasteiger partial charge in [0.25, 0.3) is 0 Å². The lowest BCUT2D eigenvalue weighted by Crippen LogP contribution is -2.30. The van der Waals surface area contributed by atoms with Crippen molar-refractivity contribution in [2.45, 2.75) is 361 Å². The van der Waals surface area contributed by atoms with Crippen LogP contribution in [0, 0.1) is 0 Å². The molecular formula is C71H128O6. The van der Waals surface area contributed by atoms with E-state index in [1.165, 1.54) is 225 Å². The SMILES string of the molecule is CC/C=C\C/C=C\C/C=C\C/C=C\C/C=C\CCCCCCCCCCCCCC(=O)OCC(COC(=O)CCCCCCCCCCCCC)OC(=O)CCCCCCCCCCCCCCCCCCCCCCC. The molecule has 77 heavy (non-hydrogen) atoms. The van der Waals surface area contributed by atoms with Crippen LogP contribution < -0.4 is 0 Å². The number of carbonyl (C=O) groups excluding carboxylic acids is 3. The van der Waals surface area contributed by atoms with Crippen LogP contribution >= 0.6 is 0 Å². The molecule has 0 bridgehead atoms. The van der Waals surface area contributed by atoms with Crippen molar-refractivity contribution in [3.05, 3.63) is 60.8 Å². The summed E-state index contributed by atoms with van der Waals surface area (Å²) in [4.78, 5) is 38.3. The van der Waals surface area contributed by atoms with Crippen LogP contribution in [0.5, 0.6) is 0 Å². The number of hydrogen-bond donors (Lipinski definition) is 0. The highest BCUT2D eigenvalue weighted by Gasteiger charge is 2.19. The molecule has 0 rings (SSSR count). The van der Waals surface area contributed by atoms with Crippen molar-refractivity contribution in [3.63, 3.8) is 0 Å². The third-order valence-electron chi connectivity index (χ3n) is 15.0. The minimum atomic E-state index is -0.772. The van der Waals surface area contributed by atoms with Gasteiger partial charge in [-0.25, -0.2) is 0 Å². The number of unbranched alkanes of at least 4 members (excludes halogenated alkanes) is 41. The second-order valence-corrected chi connectivity index (χ2v) is 22.7. The smallest absolute Gasteiger partial charge is 0.306 e. The number of rotatable bonds is 62. The van der Waals surface area contributed by atoms with Crippen LogP contribution in [0.4, 0.5) is 0 Å². The van der Waals surface area contributed by atoms with Crippen molar-refractivity contribution in [2.24, 2.45) is 0 Å². The van der Waals surface area contributed by atoms with Gasteiger partial charge in [-0.2, -0.15) is 0 Å². The van der Waals surface area contributed by atoms with Crippen LogP contribution in [0.15, 0.2) is 60.8 Å². The van der Waals surface area contributed by atoms with Gasteiger partial charge in [-0.05, 0) is 64.2 Å². The summed E-state index contributed by atoms with van der Waals surface area (Å²) in [5.74, 6) is -0.850. The average molecular weight is 1080 g/mol. The Labute approximate surface area is 479 Å². The number of esters is 3. The highest BCUT2D eigenvalue weighted by atomic mass is 16.6. The number of hydrogen-bond acceptors (Lipinski definition) is 6. The fourth-order valence-electron chi connectivity index (χ4n) is 10.0. The van der Waals surface area contributed by atoms with Crippen molar-refractivity contribution in [3.8, 4) is 0 Å². The van der Waals surface area contributed by atoms with Gasteiger partial charge in [0.05, 0.1) is 0 Å². The molecule has 1 unspecified atom stereocenters. The lowest BCUT2D eigenvalue weighted by molar-refractivity contribution is -0.167. The number of allylic oxidation sites excluding steroid dienone is 10. The second kappa shape index (κ2) is 65.6. The summed E-state index contributed by atoms with van der Waals surface area (Å²) in [7, 11) is 0. The molecule has 0 fully saturated rings. The van der Waals surface area contributed by atoms with Gasteiger partial charge in [0, 0.05) is 19.3 Å². The van der Waals surface area contributed by atoms with E-state index in [4.69, 9.17) is 14.2 Å². The van der Waals surface area contributed by atoms with Gasteiger partial charge in [0.2, 0.25) is 0 Å². The maximum absolute atomic E-state index is 12.9. The molecule has 0 aromatic rings. The van der Waals surface area contributed by atoms with Crippen LogP contribution in [-0.4, -0.2) is 37.2 Å². The maximum Gasteiger partial charge on any atom is 0.306 e. The standard InChI is InChI=1S/C71H128O6/c1-4-7-10-13-16-19-22-24-26-28-30-32-33-34-35-36-37-39-40-42-44-46-49-52-55-58-61-64-70(73)76-67-68(66-75-69(72)63-60-57-54-51-48-21-18-15-12-9-6-3)77-71(74)65-62-59-56-53-50-47-45-43-41-38-31-29-27-25-23-20-17-14-11-8-5-2/h7,10,16,19,24,26,30,32,34-35,68H,4-6,8-9,11-15,17-18,20-23,25,27-29,31,33,36-67H2,1-3H3/b10-7-,19-16-,26-24-,32-30-,35-34-. The quantitative estimate of drug-likeness (QED) is 0.0261. The van der Waals surface area contributed by atoms with Crippen LogP contribution in [-0.2, 0) is 28.6 Å². The van der Waals surface area contributed by atoms with E-state index in [-0.39, 0.29) is 31.1 Å². The molecule has 0 spiro atoms. The summed E-state index contributed by atoms with van der Waals surface area (Å²) >= 11 is 0. The first-order valence-electron chi connectivity index (χ1n) is 33.8. The zero-order valence-electron chi connectivity index (χ0n) is 51.5. The third-order valence-corrected chi connectivity index (χ3v) is 15.0. The van der Waals surface area contributed by atoms with E-state index < -0.39 is 6.10 Å². The Morgan fingerprint density at radius 1 is 0.273 bits per heavy atom. The van der Waals surface area contributed by atoms with E-state index in [1.54, 1.807) is 0 Å². The zero-order chi connectivity index (χ0) is 55.7. The van der Waals surface area contributed by atoms with Gasteiger partial charge < -0.3 is 14.2 Å². The van der Waals surface area contributed by atoms with Gasteiger partial charge in [-0.15, -0.1) is 0 Å². The predicted molar refractivity (Wildman–Crippen MR) is 335 cm³/mol. The highest BCUT2D eigenvalue weighted by Crippen LogP contribution is 2.18. The second-order valence-electron chi connectivity index (χ2n) is 22.7. The summed E-state index contributed by atoms with van der Waals surface area (Å²) in [6.07, 6.45) is 83.8. The summed E-state index contributed by atoms with van der Waals surface area (Å²) in [6.45, 7) is 6.58. The third kappa shape index (κ3) is 63.8. The Morgan fingerprint density at radius 2 is 0.506 bits per heavy atom. The predicted octanol–water partition coefficient (Wildman–Crippen LogP) is 23.1. The van der Waals surface area contributed by atoms with Crippen molar-refractivity contribution < 1.29 is 28.6 Å². The molecule has 6 nitrogen and oxygen atoms in total. The number of ether oxygens (including phenoxy) is 3. The molecule has 0 radical (unpaired) electrons. The summed E-state index contributed by atoms with van der Waals surface area (Å²) in [5.41, 5.74) is 0. The molecule has 0 heterocycles. The van der Waals surface area contributed by atoms with E-state index in [1.807, 2.05) is 0 Å². The molecular weight excluding hydrogens is 949 g/mol. The maximum atomic E-state index is 12.9. The first kappa shape index (κ1) is 74.1. The first-order valence-corrected chi connectivity index (χ1v) is 33.8. The molecule has 6 heteroatoms. The lowest BCUT2D eigenvalue weighted by atomic mass is 10.0. The fourth-order valence-corrected chi connectivity index (χ4v) is 10.0. The molecule has 0 saturated heterocycles. The Morgan fingerprint density at radius 3 is 0.792 bits per heavy atom. The average Bonchev–Trinajstić information content (AvgIpc) is 3.43. The Hall–Kier alpha value is -2.89.